The Morgan fingerprint density at radius 3 is 2.52 bits per heavy atom. The summed E-state index contributed by atoms with van der Waals surface area (Å²) in [6.07, 6.45) is 5.06. The molecule has 2 aliphatic rings. The third-order valence-electron chi connectivity index (χ3n) is 5.81. The van der Waals surface area contributed by atoms with Gasteiger partial charge >= 0.3 is 0 Å². The van der Waals surface area contributed by atoms with Gasteiger partial charge in [-0.3, -0.25) is 0 Å². The van der Waals surface area contributed by atoms with Crippen LogP contribution in [0.5, 0.6) is 0 Å². The summed E-state index contributed by atoms with van der Waals surface area (Å²) in [5, 5.41) is 6.80. The highest BCUT2D eigenvalue weighted by atomic mass is 32.1. The number of hydrogen-bond acceptors (Lipinski definition) is 6. The Balaban J connectivity index is 1.36. The van der Waals surface area contributed by atoms with Crippen LogP contribution in [0.2, 0.25) is 0 Å². The lowest BCUT2D eigenvalue weighted by Gasteiger charge is -2.30. The van der Waals surface area contributed by atoms with E-state index in [1.165, 1.54) is 24.0 Å². The standard InChI is InChI=1S/C23H26N6OS/c31-23(24-15-19-8-5-13-30-19)27-22-25-20(28-10-3-4-11-28)14-21(26-22)29-12-9-17-6-1-2-7-18(17)16-29/h1-2,5-8,13-14H,3-4,9-12,15-16H2,(H2,24,25,26,27,31). The molecule has 1 fully saturated rings. The van der Waals surface area contributed by atoms with Crippen molar-refractivity contribution in [2.45, 2.75) is 32.4 Å². The zero-order valence-electron chi connectivity index (χ0n) is 17.4. The van der Waals surface area contributed by atoms with Crippen molar-refractivity contribution in [2.75, 3.05) is 34.8 Å². The second kappa shape index (κ2) is 8.93. The van der Waals surface area contributed by atoms with Crippen molar-refractivity contribution >= 4 is 34.9 Å². The van der Waals surface area contributed by atoms with Crippen LogP contribution in [0.15, 0.2) is 53.1 Å². The van der Waals surface area contributed by atoms with E-state index in [0.717, 1.165) is 50.0 Å². The van der Waals surface area contributed by atoms with Gasteiger partial charge in [-0.05, 0) is 54.7 Å². The summed E-state index contributed by atoms with van der Waals surface area (Å²) >= 11 is 5.47. The van der Waals surface area contributed by atoms with E-state index in [1.54, 1.807) is 6.26 Å². The van der Waals surface area contributed by atoms with Crippen LogP contribution in [0.1, 0.15) is 29.7 Å². The minimum Gasteiger partial charge on any atom is -0.467 e. The van der Waals surface area contributed by atoms with Crippen molar-refractivity contribution in [2.24, 2.45) is 0 Å². The van der Waals surface area contributed by atoms with Crippen molar-refractivity contribution in [3.8, 4) is 0 Å². The lowest BCUT2D eigenvalue weighted by atomic mass is 10.00. The van der Waals surface area contributed by atoms with Crippen LogP contribution in [0.3, 0.4) is 0 Å². The largest absolute Gasteiger partial charge is 0.467 e. The fourth-order valence-corrected chi connectivity index (χ4v) is 4.33. The molecule has 3 aromatic rings. The number of hydrogen-bond donors (Lipinski definition) is 2. The number of nitrogens with zero attached hydrogens (tertiary/aromatic N) is 4. The number of anilines is 3. The lowest BCUT2D eigenvalue weighted by molar-refractivity contribution is 0.503. The van der Waals surface area contributed by atoms with Crippen molar-refractivity contribution in [1.82, 2.24) is 15.3 Å². The molecule has 1 aromatic carbocycles. The van der Waals surface area contributed by atoms with Gasteiger partial charge in [0.05, 0.1) is 12.8 Å². The van der Waals surface area contributed by atoms with Gasteiger partial charge in [0.25, 0.3) is 0 Å². The van der Waals surface area contributed by atoms with E-state index in [1.807, 2.05) is 12.1 Å². The van der Waals surface area contributed by atoms with Crippen LogP contribution in [-0.4, -0.2) is 34.7 Å². The molecule has 0 amide bonds. The summed E-state index contributed by atoms with van der Waals surface area (Å²) in [5.41, 5.74) is 2.79. The SMILES string of the molecule is S=C(NCc1ccco1)Nc1nc(N2CCCC2)cc(N2CCc3ccccc3C2)n1. The zero-order chi connectivity index (χ0) is 21.0. The molecule has 5 rings (SSSR count). The molecule has 1 saturated heterocycles. The highest BCUT2D eigenvalue weighted by molar-refractivity contribution is 7.80. The third-order valence-corrected chi connectivity index (χ3v) is 6.06. The van der Waals surface area contributed by atoms with Gasteiger partial charge < -0.3 is 24.9 Å². The van der Waals surface area contributed by atoms with Crippen LogP contribution in [0, 0.1) is 0 Å². The zero-order valence-corrected chi connectivity index (χ0v) is 18.2. The molecular formula is C23H26N6OS. The van der Waals surface area contributed by atoms with E-state index in [9.17, 15) is 0 Å². The number of benzene rings is 1. The molecule has 2 N–H and O–H groups in total. The van der Waals surface area contributed by atoms with Gasteiger partial charge in [-0.1, -0.05) is 24.3 Å². The maximum atomic E-state index is 5.47. The Kier molecular flexibility index (Phi) is 5.71. The number of nitrogens with one attached hydrogen (secondary N) is 2. The summed E-state index contributed by atoms with van der Waals surface area (Å²) in [6, 6.07) is 14.5. The van der Waals surface area contributed by atoms with E-state index in [2.05, 4.69) is 50.8 Å². The second-order valence-corrected chi connectivity index (χ2v) is 8.34. The highest BCUT2D eigenvalue weighted by Crippen LogP contribution is 2.28. The monoisotopic (exact) mass is 434 g/mol. The molecule has 4 heterocycles. The van der Waals surface area contributed by atoms with E-state index < -0.39 is 0 Å². The molecule has 0 saturated carbocycles. The van der Waals surface area contributed by atoms with E-state index in [-0.39, 0.29) is 0 Å². The Hall–Kier alpha value is -3.13. The first-order valence-electron chi connectivity index (χ1n) is 10.8. The fraction of sp³-hybridized carbons (Fsp3) is 0.348. The van der Waals surface area contributed by atoms with Crippen molar-refractivity contribution in [3.05, 3.63) is 65.6 Å². The van der Waals surface area contributed by atoms with Gasteiger partial charge in [-0.2, -0.15) is 9.97 Å². The van der Waals surface area contributed by atoms with Gasteiger partial charge in [0, 0.05) is 32.2 Å². The smallest absolute Gasteiger partial charge is 0.232 e. The average molecular weight is 435 g/mol. The van der Waals surface area contributed by atoms with Crippen LogP contribution in [-0.2, 0) is 19.5 Å². The number of aromatic nitrogens is 2. The second-order valence-electron chi connectivity index (χ2n) is 7.93. The van der Waals surface area contributed by atoms with Crippen LogP contribution < -0.4 is 20.4 Å². The molecule has 0 radical (unpaired) electrons. The van der Waals surface area contributed by atoms with Crippen LogP contribution >= 0.6 is 12.2 Å². The van der Waals surface area contributed by atoms with Gasteiger partial charge in [-0.15, -0.1) is 0 Å². The molecule has 7 nitrogen and oxygen atoms in total. The number of fused-ring (bicyclic) bond motifs is 1. The summed E-state index contributed by atoms with van der Waals surface area (Å²) in [6.45, 7) is 4.36. The predicted octanol–water partition coefficient (Wildman–Crippen LogP) is 3.72. The van der Waals surface area contributed by atoms with Crippen molar-refractivity contribution < 1.29 is 4.42 Å². The molecule has 0 atom stereocenters. The minimum absolute atomic E-state index is 0.477. The van der Waals surface area contributed by atoms with Gasteiger partial charge in [0.2, 0.25) is 5.95 Å². The van der Waals surface area contributed by atoms with Gasteiger partial charge in [0.15, 0.2) is 5.11 Å². The molecule has 0 aliphatic carbocycles. The van der Waals surface area contributed by atoms with Crippen molar-refractivity contribution in [1.29, 1.82) is 0 Å². The van der Waals surface area contributed by atoms with E-state index in [0.29, 0.717) is 17.6 Å². The fourth-order valence-electron chi connectivity index (χ4n) is 4.17. The summed E-state index contributed by atoms with van der Waals surface area (Å²) in [5.74, 6) is 3.24. The van der Waals surface area contributed by atoms with Crippen molar-refractivity contribution in [3.63, 3.8) is 0 Å². The Bertz CT molecular complexity index is 1050. The molecule has 0 spiro atoms. The van der Waals surface area contributed by atoms with Gasteiger partial charge in [0.1, 0.15) is 17.4 Å². The topological polar surface area (TPSA) is 69.5 Å². The summed E-state index contributed by atoms with van der Waals surface area (Å²) in [4.78, 5) is 14.2. The minimum atomic E-state index is 0.477. The van der Waals surface area contributed by atoms with E-state index in [4.69, 9.17) is 26.6 Å². The predicted molar refractivity (Wildman–Crippen MR) is 126 cm³/mol. The number of thiocarbonyl (C=S) groups is 1. The van der Waals surface area contributed by atoms with E-state index >= 15 is 0 Å². The lowest BCUT2D eigenvalue weighted by Crippen LogP contribution is -2.33. The first kappa shape index (κ1) is 19.8. The highest BCUT2D eigenvalue weighted by Gasteiger charge is 2.21. The quantitative estimate of drug-likeness (QED) is 0.589. The molecule has 2 aliphatic heterocycles. The van der Waals surface area contributed by atoms with Crippen LogP contribution in [0.25, 0.3) is 0 Å². The number of rotatable bonds is 5. The maximum Gasteiger partial charge on any atom is 0.232 e. The molecule has 2 aromatic heterocycles. The summed E-state index contributed by atoms with van der Waals surface area (Å²) in [7, 11) is 0. The van der Waals surface area contributed by atoms with Crippen LogP contribution in [0.4, 0.5) is 17.6 Å². The average Bonchev–Trinajstić information content (AvgIpc) is 3.51. The third kappa shape index (κ3) is 4.64. The Morgan fingerprint density at radius 2 is 1.74 bits per heavy atom. The Labute approximate surface area is 187 Å². The normalized spacial score (nSPS) is 15.6. The van der Waals surface area contributed by atoms with Gasteiger partial charge in [-0.25, -0.2) is 0 Å². The summed E-state index contributed by atoms with van der Waals surface area (Å²) < 4.78 is 5.35. The maximum absolute atomic E-state index is 5.47. The first-order valence-corrected chi connectivity index (χ1v) is 11.2. The molecule has 0 unspecified atom stereocenters. The Morgan fingerprint density at radius 1 is 0.968 bits per heavy atom. The molecule has 31 heavy (non-hydrogen) atoms. The first-order chi connectivity index (χ1) is 15.2. The number of furan rings is 1. The molecule has 160 valence electrons. The molecular weight excluding hydrogens is 408 g/mol. The molecule has 8 heteroatoms. The molecule has 0 bridgehead atoms.